The molecule has 0 unspecified atom stereocenters. The van der Waals surface area contributed by atoms with E-state index in [9.17, 15) is 27.7 Å². The van der Waals surface area contributed by atoms with Crippen LogP contribution in [-0.4, -0.2) is 23.4 Å². The first-order valence-electron chi connectivity index (χ1n) is 9.86. The third-order valence-electron chi connectivity index (χ3n) is 4.98. The summed E-state index contributed by atoms with van der Waals surface area (Å²) in [6.07, 6.45) is 3.18. The Hall–Kier alpha value is -4.44. The molecular weight excluding hydrogens is 461 g/mol. The molecule has 0 spiro atoms. The van der Waals surface area contributed by atoms with Crippen molar-refractivity contribution in [3.63, 3.8) is 0 Å². The Morgan fingerprint density at radius 3 is 2.18 bits per heavy atom. The number of pyridine rings is 1. The molecule has 0 saturated heterocycles. The molecule has 4 rings (SSSR count). The van der Waals surface area contributed by atoms with Crippen LogP contribution in [0.15, 0.2) is 96.2 Å². The molecule has 3 aromatic carbocycles. The lowest BCUT2D eigenvalue weighted by Gasteiger charge is -2.12. The van der Waals surface area contributed by atoms with Crippen LogP contribution in [0.25, 0.3) is 11.1 Å². The normalized spacial score (nSPS) is 11.1. The lowest BCUT2D eigenvalue weighted by molar-refractivity contribution is -0.384. The fourth-order valence-corrected chi connectivity index (χ4v) is 4.38. The van der Waals surface area contributed by atoms with Crippen LogP contribution in [0.4, 0.5) is 21.5 Å². The maximum absolute atomic E-state index is 13.2. The fourth-order valence-electron chi connectivity index (χ4n) is 3.23. The quantitative estimate of drug-likeness (QED) is 0.301. The predicted molar refractivity (Wildman–Crippen MR) is 124 cm³/mol. The van der Waals surface area contributed by atoms with Crippen LogP contribution >= 0.6 is 0 Å². The van der Waals surface area contributed by atoms with E-state index in [1.165, 1.54) is 24.3 Å². The number of anilines is 2. The summed E-state index contributed by atoms with van der Waals surface area (Å²) in [4.78, 5) is 26.6. The highest BCUT2D eigenvalue weighted by Gasteiger charge is 2.27. The Morgan fingerprint density at radius 2 is 1.56 bits per heavy atom. The van der Waals surface area contributed by atoms with Gasteiger partial charge in [-0.05, 0) is 60.2 Å². The largest absolute Gasteiger partial charge is 0.354 e. The van der Waals surface area contributed by atoms with Gasteiger partial charge in [0.2, 0.25) is 9.84 Å². The second kappa shape index (κ2) is 9.20. The summed E-state index contributed by atoms with van der Waals surface area (Å²) >= 11 is 0. The van der Waals surface area contributed by atoms with Crippen molar-refractivity contribution < 1.29 is 22.5 Å². The first-order valence-corrected chi connectivity index (χ1v) is 11.3. The van der Waals surface area contributed by atoms with Crippen LogP contribution < -0.4 is 5.32 Å². The van der Waals surface area contributed by atoms with Crippen molar-refractivity contribution in [3.05, 3.63) is 113 Å². The highest BCUT2D eigenvalue weighted by Crippen LogP contribution is 2.30. The minimum Gasteiger partial charge on any atom is -0.354 e. The lowest BCUT2D eigenvalue weighted by Crippen LogP contribution is -2.15. The average Bonchev–Trinajstić information content (AvgIpc) is 2.85. The van der Waals surface area contributed by atoms with Gasteiger partial charge in [-0.2, -0.15) is 0 Å². The van der Waals surface area contributed by atoms with E-state index in [4.69, 9.17) is 0 Å². The second-order valence-corrected chi connectivity index (χ2v) is 9.02. The highest BCUT2D eigenvalue weighted by molar-refractivity contribution is 8.06. The number of carbonyl (C=O) groups excluding carboxylic acids is 1. The lowest BCUT2D eigenvalue weighted by atomic mass is 10.0. The van der Waals surface area contributed by atoms with Crippen LogP contribution in [0.1, 0.15) is 10.4 Å². The van der Waals surface area contributed by atoms with E-state index >= 15 is 0 Å². The number of nitro groups is 1. The fraction of sp³-hybridized carbons (Fsp3) is 0. The Kier molecular flexibility index (Phi) is 6.15. The van der Waals surface area contributed by atoms with Crippen molar-refractivity contribution in [3.8, 4) is 11.1 Å². The summed E-state index contributed by atoms with van der Waals surface area (Å²) in [5.41, 5.74) is 2.37. The Morgan fingerprint density at radius 1 is 0.912 bits per heavy atom. The third-order valence-corrected chi connectivity index (χ3v) is 6.59. The van der Waals surface area contributed by atoms with Crippen LogP contribution in [0, 0.1) is 15.9 Å². The van der Waals surface area contributed by atoms with Crippen molar-refractivity contribution in [2.24, 2.45) is 0 Å². The number of hydrogen-bond donors (Lipinski definition) is 1. The zero-order valence-electron chi connectivity index (χ0n) is 17.4. The van der Waals surface area contributed by atoms with Gasteiger partial charge in [0, 0.05) is 35.1 Å². The number of nitro benzene ring substituents is 1. The molecular formula is C24H16FN3O5S. The molecule has 1 heterocycles. The Bertz CT molecular complexity index is 1470. The van der Waals surface area contributed by atoms with Crippen LogP contribution in [0.3, 0.4) is 0 Å². The number of nitrogens with one attached hydrogen (secondary N) is 1. The minimum absolute atomic E-state index is 0.0517. The molecule has 34 heavy (non-hydrogen) atoms. The van der Waals surface area contributed by atoms with Gasteiger partial charge in [0.1, 0.15) is 5.82 Å². The van der Waals surface area contributed by atoms with Gasteiger partial charge in [-0.1, -0.05) is 12.1 Å². The number of halogens is 1. The first kappa shape index (κ1) is 22.7. The Balaban J connectivity index is 1.59. The molecule has 0 bridgehead atoms. The third kappa shape index (κ3) is 4.66. The monoisotopic (exact) mass is 477 g/mol. The van der Waals surface area contributed by atoms with Crippen molar-refractivity contribution in [1.29, 1.82) is 0 Å². The van der Waals surface area contributed by atoms with Gasteiger partial charge < -0.3 is 5.32 Å². The Labute approximate surface area is 193 Å². The topological polar surface area (TPSA) is 119 Å². The van der Waals surface area contributed by atoms with Crippen LogP contribution in [0.2, 0.25) is 0 Å². The van der Waals surface area contributed by atoms with Crippen molar-refractivity contribution in [2.45, 2.75) is 4.90 Å². The molecule has 0 aliphatic carbocycles. The summed E-state index contributed by atoms with van der Waals surface area (Å²) < 4.78 is 38.5. The molecule has 10 heteroatoms. The summed E-state index contributed by atoms with van der Waals surface area (Å²) in [5, 5.41) is 12.8. The molecule has 0 atom stereocenters. The van der Waals surface area contributed by atoms with Crippen molar-refractivity contribution in [1.82, 2.24) is 4.98 Å². The summed E-state index contributed by atoms with van der Waals surface area (Å²) in [6, 6.07) is 17.7. The minimum atomic E-state index is -4.38. The number of rotatable bonds is 6. The number of nitrogens with zero attached hydrogens (tertiary/aromatic N) is 2. The van der Waals surface area contributed by atoms with E-state index in [0.717, 1.165) is 29.8 Å². The molecule has 1 N–H and O–H groups in total. The zero-order valence-corrected chi connectivity index (χ0v) is 18.2. The molecule has 1 aromatic heterocycles. The van der Waals surface area contributed by atoms with E-state index < -0.39 is 19.9 Å². The van der Waals surface area contributed by atoms with Crippen molar-refractivity contribution in [2.75, 3.05) is 5.32 Å². The standard InChI is InChI=1S/C24H16FN3O5S/c25-18-5-7-19(8-6-18)27-23-15-26-14-13-22(23)16-1-3-17(4-2-16)24(29)34(32,33)21-11-9-20(10-12-21)28(30)31/h1-15,27H. The van der Waals surface area contributed by atoms with Gasteiger partial charge in [-0.15, -0.1) is 0 Å². The molecule has 0 fully saturated rings. The van der Waals surface area contributed by atoms with Gasteiger partial charge in [0.05, 0.1) is 21.7 Å². The number of non-ortho nitro benzene ring substituents is 1. The number of hydrogen-bond acceptors (Lipinski definition) is 7. The smallest absolute Gasteiger partial charge is 0.281 e. The van der Waals surface area contributed by atoms with Gasteiger partial charge in [0.15, 0.2) is 0 Å². The molecule has 170 valence electrons. The van der Waals surface area contributed by atoms with E-state index in [1.54, 1.807) is 42.7 Å². The second-order valence-electron chi connectivity index (χ2n) is 7.17. The molecule has 0 amide bonds. The molecule has 0 radical (unpaired) electrons. The number of carbonyl (C=O) groups is 1. The molecule has 0 aliphatic rings. The average molecular weight is 477 g/mol. The maximum atomic E-state index is 13.2. The van der Waals surface area contributed by atoms with Gasteiger partial charge >= 0.3 is 0 Å². The molecule has 8 nitrogen and oxygen atoms in total. The first-order chi connectivity index (χ1) is 16.3. The van der Waals surface area contributed by atoms with Gasteiger partial charge in [0.25, 0.3) is 10.8 Å². The molecule has 0 saturated carbocycles. The predicted octanol–water partition coefficient (Wildman–Crippen LogP) is 5.15. The van der Waals surface area contributed by atoms with E-state index in [-0.39, 0.29) is 22.0 Å². The maximum Gasteiger partial charge on any atom is 0.281 e. The number of sulfone groups is 1. The molecule has 0 aliphatic heterocycles. The van der Waals surface area contributed by atoms with Gasteiger partial charge in [-0.3, -0.25) is 19.9 Å². The van der Waals surface area contributed by atoms with E-state index in [1.807, 2.05) is 0 Å². The molecule has 4 aromatic rings. The van der Waals surface area contributed by atoms with Crippen molar-refractivity contribution >= 4 is 32.0 Å². The summed E-state index contributed by atoms with van der Waals surface area (Å²) in [5.74, 6) is -0.360. The van der Waals surface area contributed by atoms with Gasteiger partial charge in [-0.25, -0.2) is 12.8 Å². The van der Waals surface area contributed by atoms with Crippen LogP contribution in [-0.2, 0) is 9.84 Å². The number of aromatic nitrogens is 1. The highest BCUT2D eigenvalue weighted by atomic mass is 32.2. The SMILES string of the molecule is O=C(c1ccc(-c2ccncc2Nc2ccc(F)cc2)cc1)S(=O)(=O)c1ccc([N+](=O)[O-])cc1. The van der Waals surface area contributed by atoms with E-state index in [2.05, 4.69) is 10.3 Å². The van der Waals surface area contributed by atoms with Crippen LogP contribution in [0.5, 0.6) is 0 Å². The summed E-state index contributed by atoms with van der Waals surface area (Å²) in [6.45, 7) is 0. The van der Waals surface area contributed by atoms with E-state index in [0.29, 0.717) is 16.9 Å². The zero-order chi connectivity index (χ0) is 24.3. The summed E-state index contributed by atoms with van der Waals surface area (Å²) in [7, 11) is -4.38. The number of benzene rings is 3.